The van der Waals surface area contributed by atoms with Crippen molar-refractivity contribution in [3.05, 3.63) is 66.8 Å². The highest BCUT2D eigenvalue weighted by Gasteiger charge is 2.27. The molecular weight excluding hydrogens is 180 g/mol. The van der Waals surface area contributed by atoms with Crippen LogP contribution in [0.2, 0.25) is 0 Å². The van der Waals surface area contributed by atoms with Crippen LogP contribution in [-0.4, -0.2) is 0 Å². The van der Waals surface area contributed by atoms with Gasteiger partial charge in [-0.3, -0.25) is 0 Å². The Labute approximate surface area is 91.6 Å². The summed E-state index contributed by atoms with van der Waals surface area (Å²) < 4.78 is 0. The molecule has 1 atom stereocenters. The molecule has 2 rings (SSSR count). The lowest BCUT2D eigenvalue weighted by Crippen LogP contribution is -2.22. The summed E-state index contributed by atoms with van der Waals surface area (Å²) in [5.41, 5.74) is 3.81. The van der Waals surface area contributed by atoms with E-state index in [1.54, 1.807) is 0 Å². The Morgan fingerprint density at radius 1 is 1.33 bits per heavy atom. The lowest BCUT2D eigenvalue weighted by atomic mass is 9.72. The molecule has 1 unspecified atom stereocenters. The first-order valence-electron chi connectivity index (χ1n) is 5.26. The monoisotopic (exact) mass is 196 g/mol. The van der Waals surface area contributed by atoms with E-state index in [-0.39, 0.29) is 5.41 Å². The van der Waals surface area contributed by atoms with Gasteiger partial charge in [0.25, 0.3) is 0 Å². The van der Waals surface area contributed by atoms with Crippen molar-refractivity contribution in [2.24, 2.45) is 0 Å². The summed E-state index contributed by atoms with van der Waals surface area (Å²) in [6.07, 6.45) is 7.30. The molecule has 0 nitrogen and oxygen atoms in total. The Balaban J connectivity index is 2.59. The molecule has 1 aliphatic carbocycles. The average molecular weight is 196 g/mol. The number of benzene rings is 1. The molecule has 0 spiro atoms. The molecule has 0 radical (unpaired) electrons. The standard InChI is InChI=1S/C15H16/c1-4-10-15(3)11-9-12(2)13-7-5-6-8-14(13)15/h4-9,11H,1-2,10H2,3H3. The Kier molecular flexibility index (Phi) is 2.36. The van der Waals surface area contributed by atoms with E-state index in [9.17, 15) is 0 Å². The van der Waals surface area contributed by atoms with E-state index in [1.807, 2.05) is 6.08 Å². The van der Waals surface area contributed by atoms with Crippen molar-refractivity contribution in [1.82, 2.24) is 0 Å². The summed E-state index contributed by atoms with van der Waals surface area (Å²) in [7, 11) is 0. The molecule has 1 aromatic rings. The van der Waals surface area contributed by atoms with Gasteiger partial charge in [0, 0.05) is 5.41 Å². The maximum absolute atomic E-state index is 4.07. The van der Waals surface area contributed by atoms with Crippen LogP contribution in [0.1, 0.15) is 24.5 Å². The Morgan fingerprint density at radius 2 is 2.07 bits per heavy atom. The Hall–Kier alpha value is -1.56. The maximum atomic E-state index is 4.07. The summed E-state index contributed by atoms with van der Waals surface area (Å²) in [6, 6.07) is 8.49. The fraction of sp³-hybridized carbons (Fsp3) is 0.200. The molecule has 1 aliphatic rings. The lowest BCUT2D eigenvalue weighted by Gasteiger charge is -2.31. The zero-order chi connectivity index (χ0) is 10.9. The second kappa shape index (κ2) is 3.54. The van der Waals surface area contributed by atoms with Gasteiger partial charge in [0.15, 0.2) is 0 Å². The highest BCUT2D eigenvalue weighted by molar-refractivity contribution is 5.78. The van der Waals surface area contributed by atoms with Crippen molar-refractivity contribution in [2.45, 2.75) is 18.8 Å². The second-order valence-corrected chi connectivity index (χ2v) is 4.31. The van der Waals surface area contributed by atoms with E-state index in [2.05, 4.69) is 56.5 Å². The van der Waals surface area contributed by atoms with Gasteiger partial charge in [0.1, 0.15) is 0 Å². The molecule has 0 saturated carbocycles. The molecular formula is C15H16. The van der Waals surface area contributed by atoms with Crippen LogP contribution >= 0.6 is 0 Å². The molecule has 76 valence electrons. The van der Waals surface area contributed by atoms with Crippen molar-refractivity contribution in [2.75, 3.05) is 0 Å². The molecule has 0 saturated heterocycles. The first-order chi connectivity index (χ1) is 7.17. The normalized spacial score (nSPS) is 23.7. The molecule has 0 N–H and O–H groups in total. The van der Waals surface area contributed by atoms with Gasteiger partial charge in [0.2, 0.25) is 0 Å². The van der Waals surface area contributed by atoms with Crippen LogP contribution in [0.3, 0.4) is 0 Å². The minimum atomic E-state index is 0.0829. The van der Waals surface area contributed by atoms with E-state index < -0.39 is 0 Å². The van der Waals surface area contributed by atoms with Gasteiger partial charge < -0.3 is 0 Å². The predicted molar refractivity (Wildman–Crippen MR) is 66.8 cm³/mol. The first-order valence-corrected chi connectivity index (χ1v) is 5.26. The van der Waals surface area contributed by atoms with Gasteiger partial charge in [-0.1, -0.05) is 56.0 Å². The van der Waals surface area contributed by atoms with Crippen LogP contribution in [0.25, 0.3) is 5.57 Å². The molecule has 0 bridgehead atoms. The van der Waals surface area contributed by atoms with E-state index in [1.165, 1.54) is 11.1 Å². The predicted octanol–water partition coefficient (Wildman–Crippen LogP) is 4.10. The van der Waals surface area contributed by atoms with Crippen LogP contribution in [0, 0.1) is 0 Å². The smallest absolute Gasteiger partial charge is 0.0147 e. The number of fused-ring (bicyclic) bond motifs is 1. The zero-order valence-corrected chi connectivity index (χ0v) is 9.16. The SMILES string of the molecule is C=CCC1(C)C=CC(=C)c2ccccc21. The van der Waals surface area contributed by atoms with Gasteiger partial charge in [0.05, 0.1) is 0 Å². The fourth-order valence-electron chi connectivity index (χ4n) is 2.20. The quantitative estimate of drug-likeness (QED) is 0.625. The number of rotatable bonds is 2. The van der Waals surface area contributed by atoms with E-state index >= 15 is 0 Å². The highest BCUT2D eigenvalue weighted by Crippen LogP contribution is 2.39. The summed E-state index contributed by atoms with van der Waals surface area (Å²) in [5.74, 6) is 0. The minimum Gasteiger partial charge on any atom is -0.103 e. The van der Waals surface area contributed by atoms with Crippen molar-refractivity contribution in [3.8, 4) is 0 Å². The fourth-order valence-corrected chi connectivity index (χ4v) is 2.20. The summed E-state index contributed by atoms with van der Waals surface area (Å²) >= 11 is 0. The molecule has 0 aromatic heterocycles. The van der Waals surface area contributed by atoms with Crippen molar-refractivity contribution in [1.29, 1.82) is 0 Å². The van der Waals surface area contributed by atoms with Crippen LogP contribution in [0.15, 0.2) is 55.7 Å². The summed E-state index contributed by atoms with van der Waals surface area (Å²) in [4.78, 5) is 0. The molecule has 15 heavy (non-hydrogen) atoms. The molecule has 0 fully saturated rings. The first kappa shape index (κ1) is 9.97. The molecule has 0 aliphatic heterocycles. The lowest BCUT2D eigenvalue weighted by molar-refractivity contribution is 0.601. The van der Waals surface area contributed by atoms with Crippen molar-refractivity contribution < 1.29 is 0 Å². The number of hydrogen-bond acceptors (Lipinski definition) is 0. The average Bonchev–Trinajstić information content (AvgIpc) is 2.25. The summed E-state index contributed by atoms with van der Waals surface area (Å²) in [5, 5.41) is 0. The van der Waals surface area contributed by atoms with Gasteiger partial charge in [-0.05, 0) is 23.1 Å². The van der Waals surface area contributed by atoms with Gasteiger partial charge in [-0.25, -0.2) is 0 Å². The zero-order valence-electron chi connectivity index (χ0n) is 9.16. The van der Waals surface area contributed by atoms with Gasteiger partial charge in [-0.2, -0.15) is 0 Å². The Morgan fingerprint density at radius 3 is 2.80 bits per heavy atom. The largest absolute Gasteiger partial charge is 0.103 e. The summed E-state index contributed by atoms with van der Waals surface area (Å²) in [6.45, 7) is 10.2. The van der Waals surface area contributed by atoms with Gasteiger partial charge in [-0.15, -0.1) is 6.58 Å². The third-order valence-corrected chi connectivity index (χ3v) is 3.11. The third-order valence-electron chi connectivity index (χ3n) is 3.11. The maximum Gasteiger partial charge on any atom is 0.0147 e. The highest BCUT2D eigenvalue weighted by atomic mass is 14.3. The molecule has 0 heterocycles. The van der Waals surface area contributed by atoms with E-state index in [0.717, 1.165) is 12.0 Å². The molecule has 1 aromatic carbocycles. The topological polar surface area (TPSA) is 0 Å². The van der Waals surface area contributed by atoms with Gasteiger partial charge >= 0.3 is 0 Å². The van der Waals surface area contributed by atoms with Crippen LogP contribution in [0.4, 0.5) is 0 Å². The van der Waals surface area contributed by atoms with Crippen molar-refractivity contribution in [3.63, 3.8) is 0 Å². The number of allylic oxidation sites excluding steroid dienone is 4. The molecule has 0 heteroatoms. The Bertz CT molecular complexity index is 437. The van der Waals surface area contributed by atoms with Crippen LogP contribution < -0.4 is 0 Å². The molecule has 0 amide bonds. The number of hydrogen-bond donors (Lipinski definition) is 0. The van der Waals surface area contributed by atoms with Crippen LogP contribution in [0.5, 0.6) is 0 Å². The van der Waals surface area contributed by atoms with Crippen molar-refractivity contribution >= 4 is 5.57 Å². The third kappa shape index (κ3) is 1.56. The second-order valence-electron chi connectivity index (χ2n) is 4.31. The van der Waals surface area contributed by atoms with Crippen LogP contribution in [-0.2, 0) is 5.41 Å². The minimum absolute atomic E-state index is 0.0829. The van der Waals surface area contributed by atoms with E-state index in [4.69, 9.17) is 0 Å². The van der Waals surface area contributed by atoms with E-state index in [0.29, 0.717) is 0 Å².